The molecule has 2 atom stereocenters. The van der Waals surface area contributed by atoms with Gasteiger partial charge in [-0.05, 0) is 36.3 Å². The van der Waals surface area contributed by atoms with Gasteiger partial charge in [-0.3, -0.25) is 4.79 Å². The Bertz CT molecular complexity index is 583. The number of hydrogen-bond acceptors (Lipinski definition) is 2. The van der Waals surface area contributed by atoms with E-state index in [1.165, 1.54) is 0 Å². The molecule has 2 saturated carbocycles. The molecule has 1 aromatic rings. The maximum absolute atomic E-state index is 12.7. The molecule has 100 valence electrons. The van der Waals surface area contributed by atoms with Crippen LogP contribution < -0.4 is 0 Å². The van der Waals surface area contributed by atoms with Crippen molar-refractivity contribution in [2.75, 3.05) is 0 Å². The Morgan fingerprint density at radius 1 is 1.26 bits per heavy atom. The highest BCUT2D eigenvalue weighted by molar-refractivity contribution is 6.08. The van der Waals surface area contributed by atoms with E-state index < -0.39 is 0 Å². The summed E-state index contributed by atoms with van der Waals surface area (Å²) in [6.45, 7) is 6.50. The molecular weight excluding hydrogens is 236 g/mol. The predicted octanol–water partition coefficient (Wildman–Crippen LogP) is 3.80. The number of carbonyl (C=O) groups excluding carboxylic acids is 1. The number of para-hydroxylation sites is 1. The van der Waals surface area contributed by atoms with Gasteiger partial charge in [0.2, 0.25) is 0 Å². The minimum absolute atomic E-state index is 0.0281. The lowest BCUT2D eigenvalue weighted by molar-refractivity contribution is -0.125. The topological polar surface area (TPSA) is 37.3 Å². The monoisotopic (exact) mass is 256 g/mol. The molecule has 2 aliphatic carbocycles. The number of aromatic hydroxyl groups is 1. The number of ketones is 1. The second kappa shape index (κ2) is 3.72. The first-order valence-corrected chi connectivity index (χ1v) is 6.92. The van der Waals surface area contributed by atoms with E-state index in [1.807, 2.05) is 18.2 Å². The second-order valence-electron chi connectivity index (χ2n) is 6.63. The first kappa shape index (κ1) is 12.5. The Morgan fingerprint density at radius 2 is 1.95 bits per heavy atom. The van der Waals surface area contributed by atoms with Gasteiger partial charge in [0.05, 0.1) is 0 Å². The summed E-state index contributed by atoms with van der Waals surface area (Å²) in [5, 5.41) is 9.87. The van der Waals surface area contributed by atoms with Gasteiger partial charge in [0.1, 0.15) is 5.75 Å². The molecule has 1 N–H and O–H groups in total. The van der Waals surface area contributed by atoms with Crippen molar-refractivity contribution in [2.24, 2.45) is 16.7 Å². The molecule has 2 nitrogen and oxygen atoms in total. The van der Waals surface area contributed by atoms with E-state index in [0.717, 1.165) is 24.0 Å². The van der Waals surface area contributed by atoms with Crippen molar-refractivity contribution in [1.82, 2.24) is 0 Å². The molecule has 2 bridgehead atoms. The molecule has 0 amide bonds. The second-order valence-corrected chi connectivity index (χ2v) is 6.63. The van der Waals surface area contributed by atoms with Gasteiger partial charge < -0.3 is 5.11 Å². The first-order valence-electron chi connectivity index (χ1n) is 6.92. The van der Waals surface area contributed by atoms with Gasteiger partial charge in [0.15, 0.2) is 5.78 Å². The van der Waals surface area contributed by atoms with Crippen LogP contribution in [0.25, 0.3) is 6.08 Å². The lowest BCUT2D eigenvalue weighted by Crippen LogP contribution is -2.32. The molecule has 0 aromatic heterocycles. The van der Waals surface area contributed by atoms with Crippen LogP contribution in [0.2, 0.25) is 0 Å². The van der Waals surface area contributed by atoms with Crippen LogP contribution >= 0.6 is 0 Å². The molecule has 0 saturated heterocycles. The molecule has 3 rings (SSSR count). The van der Waals surface area contributed by atoms with E-state index in [-0.39, 0.29) is 22.4 Å². The van der Waals surface area contributed by atoms with Crippen LogP contribution in [-0.2, 0) is 4.79 Å². The third kappa shape index (κ3) is 1.46. The normalized spacial score (nSPS) is 34.2. The predicted molar refractivity (Wildman–Crippen MR) is 75.7 cm³/mol. The third-order valence-electron chi connectivity index (χ3n) is 5.61. The van der Waals surface area contributed by atoms with Crippen LogP contribution in [0.5, 0.6) is 5.75 Å². The number of phenols is 1. The molecule has 0 spiro atoms. The van der Waals surface area contributed by atoms with Gasteiger partial charge >= 0.3 is 0 Å². The SMILES string of the molecule is CC12CCC(/C(=C/c3ccccc3O)C1=O)C2(C)C. The maximum Gasteiger partial charge on any atom is 0.165 e. The van der Waals surface area contributed by atoms with Crippen molar-refractivity contribution in [1.29, 1.82) is 0 Å². The molecular formula is C17H20O2. The van der Waals surface area contributed by atoms with E-state index in [9.17, 15) is 9.90 Å². The number of Topliss-reactive ketones (excluding diaryl/α,β-unsaturated/α-hetero) is 1. The van der Waals surface area contributed by atoms with Gasteiger partial charge in [0, 0.05) is 16.6 Å². The van der Waals surface area contributed by atoms with Crippen molar-refractivity contribution < 1.29 is 9.90 Å². The molecule has 0 radical (unpaired) electrons. The summed E-state index contributed by atoms with van der Waals surface area (Å²) < 4.78 is 0. The number of phenolic OH excluding ortho intramolecular Hbond substituents is 1. The summed E-state index contributed by atoms with van der Waals surface area (Å²) in [5.74, 6) is 0.843. The van der Waals surface area contributed by atoms with Gasteiger partial charge in [0.25, 0.3) is 0 Å². The quantitative estimate of drug-likeness (QED) is 0.776. The van der Waals surface area contributed by atoms with Gasteiger partial charge in [-0.25, -0.2) is 0 Å². The zero-order chi connectivity index (χ0) is 13.8. The van der Waals surface area contributed by atoms with Crippen LogP contribution in [0.1, 0.15) is 39.2 Å². The molecule has 2 unspecified atom stereocenters. The van der Waals surface area contributed by atoms with Crippen LogP contribution in [0.3, 0.4) is 0 Å². The van der Waals surface area contributed by atoms with Crippen molar-refractivity contribution in [2.45, 2.75) is 33.6 Å². The number of benzene rings is 1. The van der Waals surface area contributed by atoms with Crippen molar-refractivity contribution in [3.63, 3.8) is 0 Å². The van der Waals surface area contributed by atoms with Gasteiger partial charge in [-0.1, -0.05) is 39.0 Å². The summed E-state index contributed by atoms with van der Waals surface area (Å²) >= 11 is 0. The number of allylic oxidation sites excluding steroid dienone is 1. The van der Waals surface area contributed by atoms with Gasteiger partial charge in [-0.15, -0.1) is 0 Å². The van der Waals surface area contributed by atoms with Crippen LogP contribution in [0, 0.1) is 16.7 Å². The number of hydrogen-bond donors (Lipinski definition) is 1. The average Bonchev–Trinajstić information content (AvgIpc) is 2.66. The number of carbonyl (C=O) groups is 1. The highest BCUT2D eigenvalue weighted by Gasteiger charge is 2.63. The van der Waals surface area contributed by atoms with Crippen LogP contribution in [0.4, 0.5) is 0 Å². The Hall–Kier alpha value is -1.57. The van der Waals surface area contributed by atoms with Crippen molar-refractivity contribution >= 4 is 11.9 Å². The van der Waals surface area contributed by atoms with Crippen molar-refractivity contribution in [3.05, 3.63) is 35.4 Å². The largest absolute Gasteiger partial charge is 0.507 e. The van der Waals surface area contributed by atoms with E-state index in [2.05, 4.69) is 20.8 Å². The molecule has 0 heterocycles. The first-order chi connectivity index (χ1) is 8.88. The zero-order valence-electron chi connectivity index (χ0n) is 11.7. The van der Waals surface area contributed by atoms with E-state index in [4.69, 9.17) is 0 Å². The van der Waals surface area contributed by atoms with Gasteiger partial charge in [-0.2, -0.15) is 0 Å². The smallest absolute Gasteiger partial charge is 0.165 e. The highest BCUT2D eigenvalue weighted by Crippen LogP contribution is 2.65. The Kier molecular flexibility index (Phi) is 2.44. The molecule has 1 aromatic carbocycles. The number of fused-ring (bicyclic) bond motifs is 2. The fourth-order valence-electron chi connectivity index (χ4n) is 3.87. The molecule has 2 fully saturated rings. The summed E-state index contributed by atoms with van der Waals surface area (Å²) in [5.41, 5.74) is 1.45. The fourth-order valence-corrected chi connectivity index (χ4v) is 3.87. The highest BCUT2D eigenvalue weighted by atomic mass is 16.3. The van der Waals surface area contributed by atoms with Crippen LogP contribution in [0.15, 0.2) is 29.8 Å². The summed E-state index contributed by atoms with van der Waals surface area (Å²) in [6.07, 6.45) is 3.96. The molecule has 19 heavy (non-hydrogen) atoms. The summed E-state index contributed by atoms with van der Waals surface area (Å²) in [6, 6.07) is 7.20. The molecule has 2 aliphatic rings. The summed E-state index contributed by atoms with van der Waals surface area (Å²) in [4.78, 5) is 12.7. The van der Waals surface area contributed by atoms with Crippen LogP contribution in [-0.4, -0.2) is 10.9 Å². The standard InChI is InChI=1S/C17H20O2/c1-16(2)13-8-9-17(16,3)15(19)12(13)10-11-6-4-5-7-14(11)18/h4-7,10,13,18H,8-9H2,1-3H3/b12-10-. The van der Waals surface area contributed by atoms with E-state index in [1.54, 1.807) is 12.1 Å². The Morgan fingerprint density at radius 3 is 2.53 bits per heavy atom. The number of rotatable bonds is 1. The third-order valence-corrected chi connectivity index (χ3v) is 5.61. The maximum atomic E-state index is 12.7. The fraction of sp³-hybridized carbons (Fsp3) is 0.471. The van der Waals surface area contributed by atoms with Crippen molar-refractivity contribution in [3.8, 4) is 5.75 Å². The Labute approximate surface area is 114 Å². The minimum atomic E-state index is -0.228. The molecule has 0 aliphatic heterocycles. The summed E-state index contributed by atoms with van der Waals surface area (Å²) in [7, 11) is 0. The minimum Gasteiger partial charge on any atom is -0.507 e. The van der Waals surface area contributed by atoms with E-state index >= 15 is 0 Å². The Balaban J connectivity index is 2.10. The average molecular weight is 256 g/mol. The molecule has 2 heteroatoms. The zero-order valence-corrected chi connectivity index (χ0v) is 11.7. The lowest BCUT2D eigenvalue weighted by Gasteiger charge is -2.31. The van der Waals surface area contributed by atoms with E-state index in [0.29, 0.717) is 5.92 Å². The lowest BCUT2D eigenvalue weighted by atomic mass is 9.70.